The van der Waals surface area contributed by atoms with Crippen molar-refractivity contribution in [1.82, 2.24) is 30.0 Å². The maximum Gasteiger partial charge on any atom is 0.407 e. The third kappa shape index (κ3) is 4.50. The van der Waals surface area contributed by atoms with Crippen molar-refractivity contribution in [2.45, 2.75) is 25.4 Å². The van der Waals surface area contributed by atoms with Crippen LogP contribution in [-0.2, 0) is 6.54 Å². The molecule has 1 fully saturated rings. The fourth-order valence-corrected chi connectivity index (χ4v) is 4.43. The van der Waals surface area contributed by atoms with Gasteiger partial charge < -0.3 is 21.1 Å². The lowest BCUT2D eigenvalue weighted by Gasteiger charge is -2.30. The standard InChI is InChI=1S/C25H25N7O3/c26-22-20-21(17-10-8-16(9-11-17)13-27-24(33)18-5-2-1-3-6-18)30-32(23(20)29-15-28-22)19-7-4-12-31(14-19)25(34)35/h1-3,5-6,8-11,15,19H,4,7,12-14H2,(H,27,33)(H,34,35)(H2,26,28,29)/t19-/m1/s1. The van der Waals surface area contributed by atoms with Gasteiger partial charge in [0.25, 0.3) is 5.91 Å². The van der Waals surface area contributed by atoms with Gasteiger partial charge >= 0.3 is 6.09 Å². The molecule has 4 N–H and O–H groups in total. The summed E-state index contributed by atoms with van der Waals surface area (Å²) in [5, 5.41) is 17.8. The molecule has 4 aromatic rings. The Morgan fingerprint density at radius 3 is 2.60 bits per heavy atom. The number of aromatic nitrogens is 4. The highest BCUT2D eigenvalue weighted by atomic mass is 16.4. The summed E-state index contributed by atoms with van der Waals surface area (Å²) < 4.78 is 1.78. The summed E-state index contributed by atoms with van der Waals surface area (Å²) in [6.45, 7) is 1.24. The van der Waals surface area contributed by atoms with Crippen LogP contribution in [0.15, 0.2) is 60.9 Å². The first kappa shape index (κ1) is 22.3. The Balaban J connectivity index is 1.41. The number of likely N-dealkylation sites (tertiary alicyclic amines) is 1. The van der Waals surface area contributed by atoms with E-state index in [4.69, 9.17) is 10.8 Å². The van der Waals surface area contributed by atoms with Crippen LogP contribution in [0.1, 0.15) is 34.8 Å². The van der Waals surface area contributed by atoms with E-state index < -0.39 is 6.09 Å². The normalized spacial score (nSPS) is 15.8. The molecular weight excluding hydrogens is 446 g/mol. The van der Waals surface area contributed by atoms with Crippen molar-refractivity contribution < 1.29 is 14.7 Å². The van der Waals surface area contributed by atoms with Crippen molar-refractivity contribution in [3.63, 3.8) is 0 Å². The van der Waals surface area contributed by atoms with Gasteiger partial charge in [-0.15, -0.1) is 0 Å². The predicted molar refractivity (Wildman–Crippen MR) is 131 cm³/mol. The number of carbonyl (C=O) groups is 2. The second kappa shape index (κ2) is 9.41. The first-order valence-corrected chi connectivity index (χ1v) is 11.4. The molecule has 0 spiro atoms. The maximum atomic E-state index is 12.3. The lowest BCUT2D eigenvalue weighted by atomic mass is 10.1. The summed E-state index contributed by atoms with van der Waals surface area (Å²) in [5.41, 5.74) is 9.84. The summed E-state index contributed by atoms with van der Waals surface area (Å²) in [7, 11) is 0. The number of nitrogens with two attached hydrogens (primary N) is 1. The van der Waals surface area contributed by atoms with Gasteiger partial charge in [0.2, 0.25) is 0 Å². The maximum absolute atomic E-state index is 12.3. The summed E-state index contributed by atoms with van der Waals surface area (Å²) in [4.78, 5) is 33.8. The Bertz CT molecular complexity index is 1370. The molecular formula is C25H25N7O3. The predicted octanol–water partition coefficient (Wildman–Crippen LogP) is 3.32. The van der Waals surface area contributed by atoms with E-state index in [1.165, 1.54) is 11.2 Å². The van der Waals surface area contributed by atoms with Crippen molar-refractivity contribution >= 4 is 28.9 Å². The van der Waals surface area contributed by atoms with Crippen molar-refractivity contribution in [2.24, 2.45) is 0 Å². The summed E-state index contributed by atoms with van der Waals surface area (Å²) in [5.74, 6) is 0.188. The molecule has 0 saturated carbocycles. The molecule has 10 heteroatoms. The molecule has 178 valence electrons. The molecule has 3 heterocycles. The number of carboxylic acid groups (broad SMARTS) is 1. The van der Waals surface area contributed by atoms with E-state index in [-0.39, 0.29) is 11.9 Å². The molecule has 1 aliphatic rings. The molecule has 10 nitrogen and oxygen atoms in total. The van der Waals surface area contributed by atoms with Gasteiger partial charge in [-0.3, -0.25) is 4.79 Å². The highest BCUT2D eigenvalue weighted by Gasteiger charge is 2.28. The van der Waals surface area contributed by atoms with Gasteiger partial charge in [0, 0.05) is 30.8 Å². The smallest absolute Gasteiger partial charge is 0.407 e. The van der Waals surface area contributed by atoms with Gasteiger partial charge in [0.05, 0.1) is 11.4 Å². The van der Waals surface area contributed by atoms with Crippen LogP contribution < -0.4 is 11.1 Å². The van der Waals surface area contributed by atoms with Crippen LogP contribution in [0.4, 0.5) is 10.6 Å². The van der Waals surface area contributed by atoms with Crippen molar-refractivity contribution in [2.75, 3.05) is 18.8 Å². The topological polar surface area (TPSA) is 139 Å². The highest BCUT2D eigenvalue weighted by Crippen LogP contribution is 2.33. The molecule has 1 saturated heterocycles. The summed E-state index contributed by atoms with van der Waals surface area (Å²) in [6.07, 6.45) is 2.01. The molecule has 1 aliphatic heterocycles. The number of rotatable bonds is 5. The Morgan fingerprint density at radius 2 is 1.86 bits per heavy atom. The van der Waals surface area contributed by atoms with Crippen molar-refractivity contribution in [3.8, 4) is 11.3 Å². The van der Waals surface area contributed by atoms with Crippen LogP contribution in [-0.4, -0.2) is 54.8 Å². The number of nitrogen functional groups attached to an aromatic ring is 1. The van der Waals surface area contributed by atoms with E-state index in [2.05, 4.69) is 15.3 Å². The monoisotopic (exact) mass is 471 g/mol. The van der Waals surface area contributed by atoms with Crippen LogP contribution in [0, 0.1) is 0 Å². The van der Waals surface area contributed by atoms with E-state index in [1.807, 2.05) is 42.5 Å². The minimum absolute atomic E-state index is 0.132. The minimum Gasteiger partial charge on any atom is -0.465 e. The third-order valence-corrected chi connectivity index (χ3v) is 6.25. The Hall–Kier alpha value is -4.47. The number of fused-ring (bicyclic) bond motifs is 1. The fourth-order valence-electron chi connectivity index (χ4n) is 4.43. The second-order valence-electron chi connectivity index (χ2n) is 8.52. The molecule has 0 bridgehead atoms. The number of amides is 2. The molecule has 2 aromatic heterocycles. The van der Waals surface area contributed by atoms with E-state index >= 15 is 0 Å². The van der Waals surface area contributed by atoms with E-state index in [0.29, 0.717) is 47.7 Å². The molecule has 0 radical (unpaired) electrons. The van der Waals surface area contributed by atoms with Crippen molar-refractivity contribution in [3.05, 3.63) is 72.1 Å². The van der Waals surface area contributed by atoms with Crippen LogP contribution in [0.25, 0.3) is 22.3 Å². The largest absolute Gasteiger partial charge is 0.465 e. The zero-order valence-corrected chi connectivity index (χ0v) is 19.0. The lowest BCUT2D eigenvalue weighted by Crippen LogP contribution is -2.40. The molecule has 1 atom stereocenters. The van der Waals surface area contributed by atoms with Crippen LogP contribution in [0.3, 0.4) is 0 Å². The SMILES string of the molecule is Nc1ncnc2c1c(-c1ccc(CNC(=O)c3ccccc3)cc1)nn2[C@@H]1CCCN(C(=O)O)C1. The van der Waals surface area contributed by atoms with E-state index in [1.54, 1.807) is 16.8 Å². The molecule has 2 amide bonds. The van der Waals surface area contributed by atoms with Crippen LogP contribution in [0.5, 0.6) is 0 Å². The number of nitrogens with zero attached hydrogens (tertiary/aromatic N) is 5. The van der Waals surface area contributed by atoms with E-state index in [9.17, 15) is 14.7 Å². The molecule has 0 unspecified atom stereocenters. The first-order valence-electron chi connectivity index (χ1n) is 11.4. The summed E-state index contributed by atoms with van der Waals surface area (Å²) >= 11 is 0. The average Bonchev–Trinajstić information content (AvgIpc) is 3.29. The van der Waals surface area contributed by atoms with Crippen LogP contribution in [0.2, 0.25) is 0 Å². The molecule has 0 aliphatic carbocycles. The first-order chi connectivity index (χ1) is 17.0. The second-order valence-corrected chi connectivity index (χ2v) is 8.52. The number of nitrogens with one attached hydrogen (secondary N) is 1. The molecule has 5 rings (SSSR count). The number of hydrogen-bond acceptors (Lipinski definition) is 6. The average molecular weight is 472 g/mol. The Labute approximate surface area is 201 Å². The van der Waals surface area contributed by atoms with Gasteiger partial charge in [-0.1, -0.05) is 42.5 Å². The van der Waals surface area contributed by atoms with Gasteiger partial charge in [-0.2, -0.15) is 5.10 Å². The zero-order valence-electron chi connectivity index (χ0n) is 19.0. The molecule has 35 heavy (non-hydrogen) atoms. The quantitative estimate of drug-likeness (QED) is 0.406. The van der Waals surface area contributed by atoms with Gasteiger partial charge in [0.15, 0.2) is 5.65 Å². The highest BCUT2D eigenvalue weighted by molar-refractivity contribution is 5.98. The number of carbonyl (C=O) groups excluding carboxylic acids is 1. The zero-order chi connectivity index (χ0) is 24.4. The van der Waals surface area contributed by atoms with E-state index in [0.717, 1.165) is 24.0 Å². The van der Waals surface area contributed by atoms with Gasteiger partial charge in [-0.05, 0) is 30.5 Å². The van der Waals surface area contributed by atoms with Crippen molar-refractivity contribution in [1.29, 1.82) is 0 Å². The number of benzene rings is 2. The number of hydrogen-bond donors (Lipinski definition) is 3. The molecule has 2 aromatic carbocycles. The Kier molecular flexibility index (Phi) is 6.01. The third-order valence-electron chi connectivity index (χ3n) is 6.25. The summed E-state index contributed by atoms with van der Waals surface area (Å²) in [6, 6.07) is 16.6. The van der Waals surface area contributed by atoms with Gasteiger partial charge in [0.1, 0.15) is 17.8 Å². The number of piperidine rings is 1. The minimum atomic E-state index is -0.935. The fraction of sp³-hybridized carbons (Fsp3) is 0.240. The van der Waals surface area contributed by atoms with Crippen LogP contribution >= 0.6 is 0 Å². The number of anilines is 1. The Morgan fingerprint density at radius 1 is 1.09 bits per heavy atom. The van der Waals surface area contributed by atoms with Gasteiger partial charge in [-0.25, -0.2) is 19.4 Å². The lowest BCUT2D eigenvalue weighted by molar-refractivity contribution is 0.0950.